The molecule has 9 heteroatoms. The Morgan fingerprint density at radius 2 is 2.06 bits per heavy atom. The van der Waals surface area contributed by atoms with Gasteiger partial charge in [-0.2, -0.15) is 0 Å². The number of likely N-dealkylation sites (N-methyl/N-ethyl adjacent to an activating group) is 1. The van der Waals surface area contributed by atoms with Crippen LogP contribution in [-0.2, 0) is 11.2 Å². The smallest absolute Gasteiger partial charge is 0.291 e. The number of anilines is 1. The topological polar surface area (TPSA) is 113 Å². The number of pyridine rings is 1. The van der Waals surface area contributed by atoms with Crippen LogP contribution < -0.4 is 15.0 Å². The number of aromatic amines is 1. The van der Waals surface area contributed by atoms with Crippen molar-refractivity contribution in [2.45, 2.75) is 12.5 Å². The molecule has 9 nitrogen and oxygen atoms in total. The maximum Gasteiger partial charge on any atom is 0.291 e. The number of carbonyl (C=O) groups is 2. The van der Waals surface area contributed by atoms with Crippen LogP contribution in [0.2, 0.25) is 0 Å². The summed E-state index contributed by atoms with van der Waals surface area (Å²) >= 11 is 0. The van der Waals surface area contributed by atoms with Crippen molar-refractivity contribution < 1.29 is 14.3 Å². The predicted octanol–water partition coefficient (Wildman–Crippen LogP) is 2.10. The first kappa shape index (κ1) is 19.7. The van der Waals surface area contributed by atoms with Gasteiger partial charge in [-0.15, -0.1) is 5.10 Å². The van der Waals surface area contributed by atoms with E-state index in [0.29, 0.717) is 23.7 Å². The molecule has 32 heavy (non-hydrogen) atoms. The van der Waals surface area contributed by atoms with E-state index in [1.54, 1.807) is 25.5 Å². The van der Waals surface area contributed by atoms with Gasteiger partial charge in [0.05, 0.1) is 5.69 Å². The lowest BCUT2D eigenvalue weighted by Crippen LogP contribution is -2.49. The van der Waals surface area contributed by atoms with Crippen LogP contribution in [0.1, 0.15) is 22.0 Å². The lowest BCUT2D eigenvalue weighted by Gasteiger charge is -2.21. The number of amides is 2. The Bertz CT molecular complexity index is 1300. The van der Waals surface area contributed by atoms with E-state index in [9.17, 15) is 9.59 Å². The van der Waals surface area contributed by atoms with Gasteiger partial charge in [0.1, 0.15) is 24.2 Å². The summed E-state index contributed by atoms with van der Waals surface area (Å²) in [4.78, 5) is 35.8. The zero-order valence-corrected chi connectivity index (χ0v) is 17.3. The van der Waals surface area contributed by atoms with Crippen molar-refractivity contribution >= 4 is 28.3 Å². The molecule has 0 saturated carbocycles. The van der Waals surface area contributed by atoms with Gasteiger partial charge in [-0.25, -0.2) is 4.98 Å². The van der Waals surface area contributed by atoms with E-state index < -0.39 is 11.9 Å². The van der Waals surface area contributed by atoms with Crippen molar-refractivity contribution in [3.8, 4) is 5.75 Å². The summed E-state index contributed by atoms with van der Waals surface area (Å²) < 4.78 is 5.88. The van der Waals surface area contributed by atoms with Crippen molar-refractivity contribution in [1.29, 1.82) is 0 Å². The van der Waals surface area contributed by atoms with E-state index in [1.165, 1.54) is 4.90 Å². The standard InChI is InChI=1S/C23H20N6O3/c1-29-20-16-9-10-24-12-15(16)7-8-18(20)32-13-17(23(29)31)25-22(30)21-26-19(27-28-21)11-14-5-3-2-4-6-14/h2-10,12,17H,11,13H2,1H3,(H,25,30)(H,26,27,28)/t17-/m0/s1. The number of H-pyrrole nitrogens is 1. The quantitative estimate of drug-likeness (QED) is 0.515. The lowest BCUT2D eigenvalue weighted by atomic mass is 10.1. The fraction of sp³-hybridized carbons (Fsp3) is 0.174. The van der Waals surface area contributed by atoms with E-state index in [2.05, 4.69) is 25.5 Å². The summed E-state index contributed by atoms with van der Waals surface area (Å²) in [7, 11) is 1.67. The molecule has 0 spiro atoms. The molecule has 0 saturated heterocycles. The fourth-order valence-corrected chi connectivity index (χ4v) is 3.77. The van der Waals surface area contributed by atoms with Gasteiger partial charge in [0.25, 0.3) is 11.8 Å². The van der Waals surface area contributed by atoms with Crippen LogP contribution >= 0.6 is 0 Å². The Kier molecular flexibility index (Phi) is 4.98. The number of hydrogen-bond acceptors (Lipinski definition) is 6. The second-order valence-electron chi connectivity index (χ2n) is 7.51. The van der Waals surface area contributed by atoms with Gasteiger partial charge in [-0.3, -0.25) is 19.7 Å². The number of fused-ring (bicyclic) bond motifs is 3. The van der Waals surface area contributed by atoms with Crippen LogP contribution in [0.5, 0.6) is 5.75 Å². The highest BCUT2D eigenvalue weighted by Crippen LogP contribution is 2.37. The number of hydrogen-bond donors (Lipinski definition) is 2. The number of nitrogens with zero attached hydrogens (tertiary/aromatic N) is 4. The largest absolute Gasteiger partial charge is 0.489 e. The normalized spacial score (nSPS) is 15.7. The number of benzene rings is 2. The molecule has 1 aliphatic heterocycles. The lowest BCUT2D eigenvalue weighted by molar-refractivity contribution is -0.120. The first-order valence-corrected chi connectivity index (χ1v) is 10.1. The first-order valence-electron chi connectivity index (χ1n) is 10.1. The van der Waals surface area contributed by atoms with Crippen molar-refractivity contribution in [2.24, 2.45) is 0 Å². The molecule has 0 unspecified atom stereocenters. The maximum absolute atomic E-state index is 13.1. The van der Waals surface area contributed by atoms with Crippen LogP contribution in [0.15, 0.2) is 60.9 Å². The maximum atomic E-state index is 13.1. The summed E-state index contributed by atoms with van der Waals surface area (Å²) in [5.41, 5.74) is 1.69. The summed E-state index contributed by atoms with van der Waals surface area (Å²) in [6, 6.07) is 14.4. The highest BCUT2D eigenvalue weighted by Gasteiger charge is 2.32. The molecule has 160 valence electrons. The van der Waals surface area contributed by atoms with Crippen LogP contribution in [-0.4, -0.2) is 51.7 Å². The molecule has 1 atom stereocenters. The molecule has 4 aromatic rings. The molecule has 2 amide bonds. The average molecular weight is 428 g/mol. The van der Waals surface area contributed by atoms with Gasteiger partial charge >= 0.3 is 0 Å². The molecule has 2 aromatic carbocycles. The highest BCUT2D eigenvalue weighted by atomic mass is 16.5. The molecule has 0 fully saturated rings. The second kappa shape index (κ2) is 8.10. The number of aromatic nitrogens is 4. The van der Waals surface area contributed by atoms with E-state index >= 15 is 0 Å². The average Bonchev–Trinajstić information content (AvgIpc) is 3.25. The number of carbonyl (C=O) groups excluding carboxylic acids is 2. The molecule has 2 N–H and O–H groups in total. The number of nitrogens with one attached hydrogen (secondary N) is 2. The molecule has 5 rings (SSSR count). The molecule has 2 aromatic heterocycles. The monoisotopic (exact) mass is 428 g/mol. The van der Waals surface area contributed by atoms with Crippen LogP contribution in [0.3, 0.4) is 0 Å². The van der Waals surface area contributed by atoms with Crippen molar-refractivity contribution in [3.05, 3.63) is 78.1 Å². The zero-order chi connectivity index (χ0) is 22.1. The van der Waals surface area contributed by atoms with E-state index in [4.69, 9.17) is 4.74 Å². The molecule has 0 aliphatic carbocycles. The summed E-state index contributed by atoms with van der Waals surface area (Å²) in [6.45, 7) is -0.000199. The third-order valence-corrected chi connectivity index (χ3v) is 5.38. The van der Waals surface area contributed by atoms with Gasteiger partial charge in [0.15, 0.2) is 0 Å². The molecule has 3 heterocycles. The Hall–Kier alpha value is -4.27. The Labute approximate surface area is 183 Å². The SMILES string of the molecule is CN1C(=O)[C@@H](NC(=O)c2n[nH]c(Cc3ccccc3)n2)COc2ccc3cnccc3c21. The van der Waals surface area contributed by atoms with Gasteiger partial charge < -0.3 is 15.0 Å². The third kappa shape index (κ3) is 3.64. The van der Waals surface area contributed by atoms with Gasteiger partial charge in [0, 0.05) is 36.6 Å². The van der Waals surface area contributed by atoms with Crippen molar-refractivity contribution in [2.75, 3.05) is 18.6 Å². The summed E-state index contributed by atoms with van der Waals surface area (Å²) in [5, 5.41) is 11.2. The molecule has 1 aliphatic rings. The molecular formula is C23H20N6O3. The van der Waals surface area contributed by atoms with Gasteiger partial charge in [0.2, 0.25) is 5.82 Å². The summed E-state index contributed by atoms with van der Waals surface area (Å²) in [5.74, 6) is 0.274. The van der Waals surface area contributed by atoms with Crippen molar-refractivity contribution in [3.63, 3.8) is 0 Å². The third-order valence-electron chi connectivity index (χ3n) is 5.38. The van der Waals surface area contributed by atoms with Crippen LogP contribution in [0, 0.1) is 0 Å². The Morgan fingerprint density at radius 1 is 1.22 bits per heavy atom. The minimum Gasteiger partial charge on any atom is -0.489 e. The van der Waals surface area contributed by atoms with E-state index in [-0.39, 0.29) is 18.3 Å². The first-order chi connectivity index (χ1) is 15.6. The molecular weight excluding hydrogens is 408 g/mol. The minimum absolute atomic E-state index is 0.000199. The zero-order valence-electron chi connectivity index (χ0n) is 17.3. The van der Waals surface area contributed by atoms with Crippen LogP contribution in [0.25, 0.3) is 10.8 Å². The Balaban J connectivity index is 1.33. The molecule has 0 bridgehead atoms. The summed E-state index contributed by atoms with van der Waals surface area (Å²) in [6.07, 6.45) is 3.92. The van der Waals surface area contributed by atoms with E-state index in [1.807, 2.05) is 42.5 Å². The molecule has 0 radical (unpaired) electrons. The van der Waals surface area contributed by atoms with Gasteiger partial charge in [-0.05, 0) is 23.8 Å². The number of rotatable bonds is 4. The van der Waals surface area contributed by atoms with Crippen molar-refractivity contribution in [1.82, 2.24) is 25.5 Å². The van der Waals surface area contributed by atoms with Gasteiger partial charge in [-0.1, -0.05) is 30.3 Å². The Morgan fingerprint density at radius 3 is 2.91 bits per heavy atom. The van der Waals surface area contributed by atoms with E-state index in [0.717, 1.165) is 16.3 Å². The van der Waals surface area contributed by atoms with Crippen LogP contribution in [0.4, 0.5) is 5.69 Å². The highest BCUT2D eigenvalue weighted by molar-refractivity contribution is 6.09. The predicted molar refractivity (Wildman–Crippen MR) is 118 cm³/mol. The fourth-order valence-electron chi connectivity index (χ4n) is 3.77. The number of ether oxygens (including phenoxy) is 1. The minimum atomic E-state index is -0.882. The second-order valence-corrected chi connectivity index (χ2v) is 7.51.